The number of nitrogens with one attached hydrogen (secondary N) is 1. The number of nitrogens with zero attached hydrogens (tertiary/aromatic N) is 4. The number of halogens is 5. The van der Waals surface area contributed by atoms with E-state index in [1.54, 1.807) is 32.9 Å². The van der Waals surface area contributed by atoms with Gasteiger partial charge < -0.3 is 10.1 Å². The molecule has 0 radical (unpaired) electrons. The Morgan fingerprint density at radius 2 is 1.82 bits per heavy atom. The molecule has 0 saturated heterocycles. The molecule has 1 heterocycles. The predicted molar refractivity (Wildman–Crippen MR) is 142 cm³/mol. The third-order valence-corrected chi connectivity index (χ3v) is 5.96. The smallest absolute Gasteiger partial charge is 0.331 e. The van der Waals surface area contributed by atoms with Gasteiger partial charge in [0, 0.05) is 42.1 Å². The molecule has 0 fully saturated rings. The molecule has 208 valence electrons. The van der Waals surface area contributed by atoms with Crippen molar-refractivity contribution in [2.24, 2.45) is 0 Å². The van der Waals surface area contributed by atoms with Gasteiger partial charge in [-0.05, 0) is 50.6 Å². The quantitative estimate of drug-likeness (QED) is 0.256. The minimum atomic E-state index is -1.45. The highest BCUT2D eigenvalue weighted by molar-refractivity contribution is 6.31. The van der Waals surface area contributed by atoms with E-state index >= 15 is 0 Å². The van der Waals surface area contributed by atoms with Crippen LogP contribution in [0, 0.1) is 11.6 Å². The average molecular weight is 603 g/mol. The van der Waals surface area contributed by atoms with E-state index in [-0.39, 0.29) is 29.2 Å². The summed E-state index contributed by atoms with van der Waals surface area (Å²) in [6, 6.07) is 6.03. The summed E-state index contributed by atoms with van der Waals surface area (Å²) >= 11 is 18.1. The summed E-state index contributed by atoms with van der Waals surface area (Å²) < 4.78 is 34.9. The fraction of sp³-hybridized carbons (Fsp3) is 0.320. The molecule has 39 heavy (non-hydrogen) atoms. The zero-order valence-electron chi connectivity index (χ0n) is 21.1. The largest absolute Gasteiger partial charge is 0.458 e. The number of hydrogen-bond donors (Lipinski definition) is 1. The fourth-order valence-electron chi connectivity index (χ4n) is 3.40. The van der Waals surface area contributed by atoms with Crippen LogP contribution in [0.5, 0.6) is 0 Å². The van der Waals surface area contributed by atoms with Gasteiger partial charge in [-0.3, -0.25) is 9.59 Å². The molecule has 1 aromatic heterocycles. The van der Waals surface area contributed by atoms with Crippen LogP contribution in [0.15, 0.2) is 42.6 Å². The lowest BCUT2D eigenvalue weighted by Gasteiger charge is -2.28. The summed E-state index contributed by atoms with van der Waals surface area (Å²) in [6.07, 6.45) is 0.328. The minimum Gasteiger partial charge on any atom is -0.458 e. The zero-order chi connectivity index (χ0) is 28.9. The van der Waals surface area contributed by atoms with Crippen LogP contribution < -0.4 is 5.32 Å². The summed E-state index contributed by atoms with van der Waals surface area (Å²) in [5.74, 6) is -3.97. The Hall–Kier alpha value is -3.28. The Bertz CT molecular complexity index is 1380. The molecule has 0 bridgehead atoms. The Morgan fingerprint density at radius 3 is 2.44 bits per heavy atom. The van der Waals surface area contributed by atoms with Gasteiger partial charge >= 0.3 is 5.97 Å². The summed E-state index contributed by atoms with van der Waals surface area (Å²) in [5, 5.41) is 10.7. The van der Waals surface area contributed by atoms with Crippen LogP contribution in [-0.2, 0) is 25.5 Å². The molecular weight excluding hydrogens is 579 g/mol. The molecule has 3 rings (SSSR count). The second kappa shape index (κ2) is 12.7. The number of hydrogen-bond acceptors (Lipinski definition) is 6. The number of ether oxygens (including phenoxy) is 1. The summed E-state index contributed by atoms with van der Waals surface area (Å²) in [6.45, 7) is 4.84. The van der Waals surface area contributed by atoms with Gasteiger partial charge in [0.15, 0.2) is 11.2 Å². The van der Waals surface area contributed by atoms with Crippen LogP contribution in [0.2, 0.25) is 10.2 Å². The lowest BCUT2D eigenvalue weighted by Crippen LogP contribution is -2.44. The number of rotatable bonds is 9. The maximum atomic E-state index is 14.3. The number of anilines is 1. The highest BCUT2D eigenvalue weighted by atomic mass is 35.5. The molecule has 0 spiro atoms. The topological polar surface area (TPSA) is 106 Å². The van der Waals surface area contributed by atoms with Gasteiger partial charge in [0.25, 0.3) is 0 Å². The molecule has 2 amide bonds. The third-order valence-electron chi connectivity index (χ3n) is 5.13. The number of carbonyl (C=O) groups is 3. The normalized spacial score (nSPS) is 12.1. The molecule has 14 heteroatoms. The number of carbonyl (C=O) groups excluding carboxylic acids is 3. The molecule has 0 aliphatic rings. The highest BCUT2D eigenvalue weighted by Gasteiger charge is 2.34. The van der Waals surface area contributed by atoms with Gasteiger partial charge in [-0.25, -0.2) is 22.7 Å². The fourth-order valence-corrected chi connectivity index (χ4v) is 3.94. The molecule has 2 aromatic carbocycles. The Morgan fingerprint density at radius 1 is 1.10 bits per heavy atom. The molecule has 0 aliphatic carbocycles. The van der Waals surface area contributed by atoms with Crippen LogP contribution in [0.4, 0.5) is 14.5 Å². The van der Waals surface area contributed by atoms with Crippen molar-refractivity contribution in [2.75, 3.05) is 5.32 Å². The lowest BCUT2D eigenvalue weighted by molar-refractivity contribution is -0.161. The molecule has 1 unspecified atom stereocenters. The van der Waals surface area contributed by atoms with Crippen LogP contribution in [-0.4, -0.2) is 48.8 Å². The van der Waals surface area contributed by atoms with E-state index in [0.717, 1.165) is 12.1 Å². The standard InChI is InChI=1S/C25H24Cl3F2N5O4/c1-25(2,3)39-24(38)20(10-14-4-6-16(29)12-17(14)30)35(28)23(37)9-8-22(36)31-18-11-15(26)5-7-19(18)34-13-21(27)32-33-34/h4-7,11-13,20H,8-10H2,1-3H3,(H,31,36). The maximum absolute atomic E-state index is 14.3. The Labute approximate surface area is 238 Å². The van der Waals surface area contributed by atoms with Gasteiger partial charge in [-0.2, -0.15) is 0 Å². The van der Waals surface area contributed by atoms with Crippen molar-refractivity contribution in [3.05, 3.63) is 70.0 Å². The van der Waals surface area contributed by atoms with Crippen molar-refractivity contribution in [2.45, 2.75) is 51.7 Å². The molecule has 1 N–H and O–H groups in total. The van der Waals surface area contributed by atoms with Crippen molar-refractivity contribution in [3.63, 3.8) is 0 Å². The van der Waals surface area contributed by atoms with Crippen LogP contribution in [0.1, 0.15) is 39.2 Å². The third kappa shape index (κ3) is 8.61. The first-order valence-corrected chi connectivity index (χ1v) is 12.6. The second-order valence-electron chi connectivity index (χ2n) is 9.39. The first-order chi connectivity index (χ1) is 18.2. The van der Waals surface area contributed by atoms with Gasteiger partial charge in [0.2, 0.25) is 11.8 Å². The summed E-state index contributed by atoms with van der Waals surface area (Å²) in [5.41, 5.74) is -0.281. The van der Waals surface area contributed by atoms with Crippen molar-refractivity contribution >= 4 is 58.4 Å². The van der Waals surface area contributed by atoms with Gasteiger partial charge in [0.05, 0.1) is 17.6 Å². The van der Waals surface area contributed by atoms with Crippen molar-refractivity contribution in [1.82, 2.24) is 19.4 Å². The zero-order valence-corrected chi connectivity index (χ0v) is 23.3. The minimum absolute atomic E-state index is 0.0508. The van der Waals surface area contributed by atoms with Crippen molar-refractivity contribution < 1.29 is 27.9 Å². The molecule has 0 aliphatic heterocycles. The first kappa shape index (κ1) is 30.3. The summed E-state index contributed by atoms with van der Waals surface area (Å²) in [7, 11) is 0. The summed E-state index contributed by atoms with van der Waals surface area (Å²) in [4.78, 5) is 38.4. The molecule has 9 nitrogen and oxygen atoms in total. The van der Waals surface area contributed by atoms with E-state index in [9.17, 15) is 23.2 Å². The highest BCUT2D eigenvalue weighted by Crippen LogP contribution is 2.25. The number of benzene rings is 2. The lowest BCUT2D eigenvalue weighted by atomic mass is 10.0. The van der Waals surface area contributed by atoms with Crippen LogP contribution in [0.3, 0.4) is 0 Å². The SMILES string of the molecule is CC(C)(C)OC(=O)C(Cc1ccc(F)cc1F)N(Cl)C(=O)CCC(=O)Nc1cc(Cl)ccc1-n1cc(Cl)nn1. The van der Waals surface area contributed by atoms with Crippen LogP contribution in [0.25, 0.3) is 5.69 Å². The Balaban J connectivity index is 1.71. The van der Waals surface area contributed by atoms with Gasteiger partial charge in [-0.15, -0.1) is 5.10 Å². The molecular formula is C25H24Cl3F2N5O4. The van der Waals surface area contributed by atoms with Crippen molar-refractivity contribution in [1.29, 1.82) is 0 Å². The monoisotopic (exact) mass is 601 g/mol. The predicted octanol–water partition coefficient (Wildman–Crippen LogP) is 5.51. The average Bonchev–Trinajstić information content (AvgIpc) is 3.26. The molecule has 1 atom stereocenters. The van der Waals surface area contributed by atoms with Crippen LogP contribution >= 0.6 is 35.0 Å². The molecule has 0 saturated carbocycles. The maximum Gasteiger partial charge on any atom is 0.331 e. The van der Waals surface area contributed by atoms with Gasteiger partial charge in [-0.1, -0.05) is 34.5 Å². The van der Waals surface area contributed by atoms with E-state index in [2.05, 4.69) is 15.6 Å². The number of amides is 2. The van der Waals surface area contributed by atoms with E-state index < -0.39 is 47.5 Å². The Kier molecular flexibility index (Phi) is 9.87. The molecule has 3 aromatic rings. The van der Waals surface area contributed by atoms with Crippen molar-refractivity contribution in [3.8, 4) is 5.69 Å². The van der Waals surface area contributed by atoms with E-state index in [4.69, 9.17) is 39.7 Å². The number of esters is 1. The second-order valence-corrected chi connectivity index (χ2v) is 10.6. The van der Waals surface area contributed by atoms with Gasteiger partial charge in [0.1, 0.15) is 17.2 Å². The van der Waals surface area contributed by atoms with E-state index in [1.807, 2.05) is 0 Å². The number of aromatic nitrogens is 3. The van der Waals surface area contributed by atoms with E-state index in [0.29, 0.717) is 21.2 Å². The first-order valence-electron chi connectivity index (χ1n) is 11.6. The van der Waals surface area contributed by atoms with E-state index in [1.165, 1.54) is 16.9 Å².